The predicted octanol–water partition coefficient (Wildman–Crippen LogP) is 2.60. The quantitative estimate of drug-likeness (QED) is 0.845. The molecule has 0 radical (unpaired) electrons. The van der Waals surface area contributed by atoms with Crippen molar-refractivity contribution >= 4 is 5.91 Å². The molecule has 6 heteroatoms. The highest BCUT2D eigenvalue weighted by Crippen LogP contribution is 2.36. The van der Waals surface area contributed by atoms with Gasteiger partial charge in [0.15, 0.2) is 5.82 Å². The first-order valence-electron chi connectivity index (χ1n) is 8.86. The Morgan fingerprint density at radius 1 is 1.27 bits per heavy atom. The minimum absolute atomic E-state index is 0.0332. The summed E-state index contributed by atoms with van der Waals surface area (Å²) in [4.78, 5) is 18.2. The van der Waals surface area contributed by atoms with Crippen molar-refractivity contribution in [1.29, 1.82) is 0 Å². The molecular formula is C20H21FN2O3. The fraction of sp³-hybridized carbons (Fsp3) is 0.400. The predicted molar refractivity (Wildman–Crippen MR) is 93.3 cm³/mol. The van der Waals surface area contributed by atoms with Gasteiger partial charge in [0, 0.05) is 19.0 Å². The lowest BCUT2D eigenvalue weighted by Gasteiger charge is -2.52. The third-order valence-electron chi connectivity index (χ3n) is 4.96. The van der Waals surface area contributed by atoms with Gasteiger partial charge in [-0.2, -0.15) is 0 Å². The third-order valence-corrected chi connectivity index (χ3v) is 4.96. The van der Waals surface area contributed by atoms with Crippen molar-refractivity contribution in [3.63, 3.8) is 0 Å². The van der Waals surface area contributed by atoms with E-state index in [1.807, 2.05) is 35.2 Å². The Morgan fingerprint density at radius 2 is 2.08 bits per heavy atom. The van der Waals surface area contributed by atoms with E-state index in [4.69, 9.17) is 9.47 Å². The number of nitrogens with zero attached hydrogens (tertiary/aromatic N) is 2. The lowest BCUT2D eigenvalue weighted by molar-refractivity contribution is -0.193. The van der Waals surface area contributed by atoms with Gasteiger partial charge in [-0.15, -0.1) is 0 Å². The molecule has 136 valence electrons. The maximum absolute atomic E-state index is 13.7. The number of carbonyl (C=O) groups excluding carboxylic acids is 1. The Labute approximate surface area is 151 Å². The minimum atomic E-state index is -0.457. The zero-order chi connectivity index (χ0) is 18.0. The Kier molecular flexibility index (Phi) is 4.59. The number of amides is 1. The van der Waals surface area contributed by atoms with Crippen molar-refractivity contribution < 1.29 is 18.7 Å². The average Bonchev–Trinajstić information content (AvgIpc) is 2.62. The van der Waals surface area contributed by atoms with Gasteiger partial charge in [0.25, 0.3) is 5.88 Å². The number of aromatic nitrogens is 1. The lowest BCUT2D eigenvalue weighted by Crippen LogP contribution is -2.67. The van der Waals surface area contributed by atoms with Crippen LogP contribution in [-0.4, -0.2) is 47.2 Å². The van der Waals surface area contributed by atoms with Gasteiger partial charge in [0.1, 0.15) is 11.7 Å². The zero-order valence-corrected chi connectivity index (χ0v) is 14.4. The fourth-order valence-electron chi connectivity index (χ4n) is 3.63. The molecule has 1 atom stereocenters. The minimum Gasteiger partial charge on any atom is -0.472 e. The van der Waals surface area contributed by atoms with Crippen LogP contribution in [0.5, 0.6) is 5.88 Å². The van der Waals surface area contributed by atoms with E-state index >= 15 is 0 Å². The van der Waals surface area contributed by atoms with E-state index in [1.165, 1.54) is 18.3 Å². The summed E-state index contributed by atoms with van der Waals surface area (Å²) in [5.41, 5.74) is 0.635. The van der Waals surface area contributed by atoms with Gasteiger partial charge in [-0.25, -0.2) is 9.37 Å². The van der Waals surface area contributed by atoms with Crippen molar-refractivity contribution in [2.24, 2.45) is 0 Å². The number of hydrogen-bond donors (Lipinski definition) is 0. The fourth-order valence-corrected chi connectivity index (χ4v) is 3.63. The van der Waals surface area contributed by atoms with Gasteiger partial charge >= 0.3 is 0 Å². The molecule has 0 saturated carbocycles. The summed E-state index contributed by atoms with van der Waals surface area (Å²) >= 11 is 0. The molecule has 0 aliphatic carbocycles. The molecular weight excluding hydrogens is 335 g/mol. The molecule has 2 aromatic rings. The molecule has 2 aliphatic rings. The maximum Gasteiger partial charge on any atom is 0.250 e. The van der Waals surface area contributed by atoms with Crippen LogP contribution in [0.15, 0.2) is 48.7 Å². The van der Waals surface area contributed by atoms with E-state index in [2.05, 4.69) is 4.98 Å². The van der Waals surface area contributed by atoms with Crippen LogP contribution in [0.3, 0.4) is 0 Å². The van der Waals surface area contributed by atoms with Gasteiger partial charge in [-0.1, -0.05) is 30.3 Å². The van der Waals surface area contributed by atoms with E-state index in [-0.39, 0.29) is 23.5 Å². The zero-order valence-electron chi connectivity index (χ0n) is 14.4. The molecule has 1 aromatic heterocycles. The topological polar surface area (TPSA) is 51.7 Å². The monoisotopic (exact) mass is 356 g/mol. The molecule has 26 heavy (non-hydrogen) atoms. The summed E-state index contributed by atoms with van der Waals surface area (Å²) in [5, 5.41) is 0. The number of benzene rings is 1. The third kappa shape index (κ3) is 3.55. The standard InChI is InChI=1S/C20H21FN2O3/c21-17-7-4-9-22-19(17)26-16-8-10-25-20(12-16)13-23(14-20)18(24)11-15-5-2-1-3-6-15/h1-7,9,16H,8,10-14H2. The first-order valence-corrected chi connectivity index (χ1v) is 8.86. The first kappa shape index (κ1) is 17.0. The van der Waals surface area contributed by atoms with E-state index in [0.29, 0.717) is 39.0 Å². The van der Waals surface area contributed by atoms with Crippen LogP contribution in [0, 0.1) is 5.82 Å². The summed E-state index contributed by atoms with van der Waals surface area (Å²) in [5.74, 6) is -0.323. The van der Waals surface area contributed by atoms with Gasteiger partial charge in [-0.3, -0.25) is 4.79 Å². The molecule has 2 aliphatic heterocycles. The summed E-state index contributed by atoms with van der Waals surface area (Å²) in [7, 11) is 0. The molecule has 4 rings (SSSR count). The van der Waals surface area contributed by atoms with Crippen LogP contribution in [0.2, 0.25) is 0 Å². The smallest absolute Gasteiger partial charge is 0.250 e. The van der Waals surface area contributed by atoms with Crippen molar-refractivity contribution in [3.8, 4) is 5.88 Å². The molecule has 3 heterocycles. The van der Waals surface area contributed by atoms with Crippen LogP contribution in [0.1, 0.15) is 18.4 Å². The Hall–Kier alpha value is -2.47. The highest BCUT2D eigenvalue weighted by Gasteiger charge is 2.49. The Bertz CT molecular complexity index is 778. The molecule has 5 nitrogen and oxygen atoms in total. The maximum atomic E-state index is 13.7. The molecule has 1 amide bonds. The van der Waals surface area contributed by atoms with Gasteiger partial charge < -0.3 is 14.4 Å². The second-order valence-electron chi connectivity index (χ2n) is 6.97. The molecule has 2 fully saturated rings. The number of rotatable bonds is 4. The second-order valence-corrected chi connectivity index (χ2v) is 6.97. The SMILES string of the molecule is O=C(Cc1ccccc1)N1CC2(CC(Oc3ncccc3F)CCO2)C1. The number of likely N-dealkylation sites (tertiary alicyclic amines) is 1. The Balaban J connectivity index is 1.33. The average molecular weight is 356 g/mol. The Morgan fingerprint density at radius 3 is 2.85 bits per heavy atom. The summed E-state index contributed by atoms with van der Waals surface area (Å²) in [6.07, 6.45) is 3.09. The van der Waals surface area contributed by atoms with E-state index in [1.54, 1.807) is 0 Å². The highest BCUT2D eigenvalue weighted by atomic mass is 19.1. The van der Waals surface area contributed by atoms with E-state index < -0.39 is 5.82 Å². The molecule has 2 saturated heterocycles. The normalized spacial score (nSPS) is 21.3. The molecule has 1 unspecified atom stereocenters. The molecule has 0 N–H and O–H groups in total. The van der Waals surface area contributed by atoms with Crippen LogP contribution in [-0.2, 0) is 16.0 Å². The number of halogens is 1. The number of pyridine rings is 1. The number of carbonyl (C=O) groups is 1. The second kappa shape index (κ2) is 7.03. The van der Waals surface area contributed by atoms with Crippen LogP contribution >= 0.6 is 0 Å². The van der Waals surface area contributed by atoms with Crippen LogP contribution in [0.25, 0.3) is 0 Å². The molecule has 1 spiro atoms. The molecule has 1 aromatic carbocycles. The lowest BCUT2D eigenvalue weighted by atomic mass is 9.84. The largest absolute Gasteiger partial charge is 0.472 e. The first-order chi connectivity index (χ1) is 12.6. The summed E-state index contributed by atoms with van der Waals surface area (Å²) < 4.78 is 25.4. The number of ether oxygens (including phenoxy) is 2. The molecule has 0 bridgehead atoms. The van der Waals surface area contributed by atoms with Crippen molar-refractivity contribution in [2.45, 2.75) is 31.0 Å². The highest BCUT2D eigenvalue weighted by molar-refractivity contribution is 5.79. The van der Waals surface area contributed by atoms with Crippen LogP contribution in [0.4, 0.5) is 4.39 Å². The van der Waals surface area contributed by atoms with Crippen LogP contribution < -0.4 is 4.74 Å². The van der Waals surface area contributed by atoms with Crippen molar-refractivity contribution in [1.82, 2.24) is 9.88 Å². The van der Waals surface area contributed by atoms with Crippen molar-refractivity contribution in [2.75, 3.05) is 19.7 Å². The van der Waals surface area contributed by atoms with Gasteiger partial charge in [0.05, 0.1) is 26.1 Å². The van der Waals surface area contributed by atoms with Gasteiger partial charge in [0.2, 0.25) is 5.91 Å². The summed E-state index contributed by atoms with van der Waals surface area (Å²) in [6.45, 7) is 1.66. The van der Waals surface area contributed by atoms with Crippen molar-refractivity contribution in [3.05, 3.63) is 60.0 Å². The van der Waals surface area contributed by atoms with Gasteiger partial charge in [-0.05, 0) is 17.7 Å². The van der Waals surface area contributed by atoms with E-state index in [0.717, 1.165) is 5.56 Å². The summed E-state index contributed by atoms with van der Waals surface area (Å²) in [6, 6.07) is 12.6. The van der Waals surface area contributed by atoms with E-state index in [9.17, 15) is 9.18 Å². The number of hydrogen-bond acceptors (Lipinski definition) is 4.